The first-order valence-corrected chi connectivity index (χ1v) is 7.63. The van der Waals surface area contributed by atoms with E-state index in [-0.39, 0.29) is 0 Å². The fourth-order valence-corrected chi connectivity index (χ4v) is 2.84. The molecule has 0 unspecified atom stereocenters. The Labute approximate surface area is 135 Å². The number of amides is 2. The SMILES string of the molecule is Cc1ccc(NC(=O)C(=O)N2CCCc3ccccc32)c(N)c1. The van der Waals surface area contributed by atoms with Gasteiger partial charge in [0.2, 0.25) is 0 Å². The molecule has 0 aliphatic carbocycles. The first-order chi connectivity index (χ1) is 11.1. The number of rotatable bonds is 1. The molecule has 0 atom stereocenters. The van der Waals surface area contributed by atoms with Crippen LogP contribution in [-0.4, -0.2) is 18.4 Å². The van der Waals surface area contributed by atoms with Gasteiger partial charge < -0.3 is 16.0 Å². The molecule has 3 rings (SSSR count). The van der Waals surface area contributed by atoms with Crippen molar-refractivity contribution in [1.29, 1.82) is 0 Å². The molecular weight excluding hydrogens is 290 g/mol. The van der Waals surface area contributed by atoms with Crippen molar-refractivity contribution in [2.24, 2.45) is 0 Å². The summed E-state index contributed by atoms with van der Waals surface area (Å²) in [6, 6.07) is 13.0. The molecule has 0 fully saturated rings. The van der Waals surface area contributed by atoms with E-state index in [4.69, 9.17) is 5.73 Å². The summed E-state index contributed by atoms with van der Waals surface area (Å²) in [5.41, 5.74) is 9.70. The highest BCUT2D eigenvalue weighted by molar-refractivity contribution is 6.44. The zero-order valence-electron chi connectivity index (χ0n) is 13.0. The van der Waals surface area contributed by atoms with Gasteiger partial charge in [-0.25, -0.2) is 0 Å². The van der Waals surface area contributed by atoms with E-state index in [1.54, 1.807) is 17.0 Å². The molecule has 2 aromatic rings. The molecule has 1 heterocycles. The number of nitrogen functional groups attached to an aromatic ring is 1. The van der Waals surface area contributed by atoms with Gasteiger partial charge in [-0.05, 0) is 49.1 Å². The maximum absolute atomic E-state index is 12.5. The van der Waals surface area contributed by atoms with E-state index in [2.05, 4.69) is 5.32 Å². The van der Waals surface area contributed by atoms with E-state index in [1.165, 1.54) is 0 Å². The van der Waals surface area contributed by atoms with Crippen molar-refractivity contribution in [2.75, 3.05) is 22.5 Å². The monoisotopic (exact) mass is 309 g/mol. The smallest absolute Gasteiger partial charge is 0.316 e. The molecule has 0 spiro atoms. The second kappa shape index (κ2) is 6.12. The van der Waals surface area contributed by atoms with Crippen molar-refractivity contribution < 1.29 is 9.59 Å². The number of benzene rings is 2. The van der Waals surface area contributed by atoms with Gasteiger partial charge in [-0.15, -0.1) is 0 Å². The summed E-state index contributed by atoms with van der Waals surface area (Å²) in [4.78, 5) is 26.4. The first kappa shape index (κ1) is 15.1. The van der Waals surface area contributed by atoms with Crippen LogP contribution in [0.2, 0.25) is 0 Å². The Hall–Kier alpha value is -2.82. The molecule has 2 aromatic carbocycles. The van der Waals surface area contributed by atoms with E-state index < -0.39 is 11.8 Å². The van der Waals surface area contributed by atoms with Crippen LogP contribution >= 0.6 is 0 Å². The maximum Gasteiger partial charge on any atom is 0.316 e. The number of para-hydroxylation sites is 1. The highest BCUT2D eigenvalue weighted by atomic mass is 16.2. The Morgan fingerprint density at radius 3 is 2.74 bits per heavy atom. The van der Waals surface area contributed by atoms with Crippen molar-refractivity contribution in [3.05, 3.63) is 53.6 Å². The molecular formula is C18H19N3O2. The molecule has 0 saturated heterocycles. The van der Waals surface area contributed by atoms with Crippen LogP contribution in [0.3, 0.4) is 0 Å². The van der Waals surface area contributed by atoms with Gasteiger partial charge in [-0.2, -0.15) is 0 Å². The summed E-state index contributed by atoms with van der Waals surface area (Å²) in [6.07, 6.45) is 1.77. The molecule has 5 nitrogen and oxygen atoms in total. The standard InChI is InChI=1S/C18H19N3O2/c1-12-8-9-15(14(19)11-12)20-17(22)18(23)21-10-4-6-13-5-2-3-7-16(13)21/h2-3,5,7-9,11H,4,6,10,19H2,1H3,(H,20,22). The topological polar surface area (TPSA) is 75.4 Å². The fraction of sp³-hybridized carbons (Fsp3) is 0.222. The quantitative estimate of drug-likeness (QED) is 0.628. The average molecular weight is 309 g/mol. The van der Waals surface area contributed by atoms with Crippen LogP contribution in [0.4, 0.5) is 17.1 Å². The van der Waals surface area contributed by atoms with Gasteiger partial charge in [0.25, 0.3) is 0 Å². The predicted molar refractivity (Wildman–Crippen MR) is 91.3 cm³/mol. The number of hydrogen-bond donors (Lipinski definition) is 2. The van der Waals surface area contributed by atoms with E-state index in [0.717, 1.165) is 29.7 Å². The molecule has 2 amide bonds. The van der Waals surface area contributed by atoms with Gasteiger partial charge in [0, 0.05) is 12.2 Å². The van der Waals surface area contributed by atoms with Crippen molar-refractivity contribution in [2.45, 2.75) is 19.8 Å². The lowest BCUT2D eigenvalue weighted by Gasteiger charge is -2.28. The van der Waals surface area contributed by atoms with Gasteiger partial charge in [-0.3, -0.25) is 9.59 Å². The number of fused-ring (bicyclic) bond motifs is 1. The number of hydrogen-bond acceptors (Lipinski definition) is 3. The van der Waals surface area contributed by atoms with Crippen LogP contribution in [0.25, 0.3) is 0 Å². The van der Waals surface area contributed by atoms with Gasteiger partial charge in [0.1, 0.15) is 0 Å². The van der Waals surface area contributed by atoms with Crippen LogP contribution in [0.5, 0.6) is 0 Å². The zero-order valence-corrected chi connectivity index (χ0v) is 13.0. The zero-order chi connectivity index (χ0) is 16.4. The second-order valence-electron chi connectivity index (χ2n) is 5.73. The maximum atomic E-state index is 12.5. The summed E-state index contributed by atoms with van der Waals surface area (Å²) in [5, 5.41) is 2.61. The molecule has 5 heteroatoms. The van der Waals surface area contributed by atoms with E-state index in [1.807, 2.05) is 37.3 Å². The average Bonchev–Trinajstić information content (AvgIpc) is 2.56. The Morgan fingerprint density at radius 2 is 1.96 bits per heavy atom. The van der Waals surface area contributed by atoms with Gasteiger partial charge in [0.05, 0.1) is 11.4 Å². The summed E-state index contributed by atoms with van der Waals surface area (Å²) < 4.78 is 0. The van der Waals surface area contributed by atoms with Gasteiger partial charge in [0.15, 0.2) is 0 Å². The molecule has 1 aliphatic rings. The lowest BCUT2D eigenvalue weighted by Crippen LogP contribution is -2.42. The third-order valence-electron chi connectivity index (χ3n) is 4.00. The Kier molecular flexibility index (Phi) is 4.02. The van der Waals surface area contributed by atoms with Crippen molar-refractivity contribution in [3.8, 4) is 0 Å². The number of carbonyl (C=O) groups is 2. The molecule has 0 radical (unpaired) electrons. The lowest BCUT2D eigenvalue weighted by molar-refractivity contribution is -0.134. The summed E-state index contributed by atoms with van der Waals surface area (Å²) in [6.45, 7) is 2.46. The van der Waals surface area contributed by atoms with Crippen LogP contribution in [-0.2, 0) is 16.0 Å². The normalized spacial score (nSPS) is 13.3. The fourth-order valence-electron chi connectivity index (χ4n) is 2.84. The van der Waals surface area contributed by atoms with Crippen molar-refractivity contribution in [1.82, 2.24) is 0 Å². The van der Waals surface area contributed by atoms with Crippen LogP contribution in [0.1, 0.15) is 17.5 Å². The lowest BCUT2D eigenvalue weighted by atomic mass is 10.0. The molecule has 1 aliphatic heterocycles. The van der Waals surface area contributed by atoms with Crippen LogP contribution in [0.15, 0.2) is 42.5 Å². The number of aryl methyl sites for hydroxylation is 2. The summed E-state index contributed by atoms with van der Waals surface area (Å²) >= 11 is 0. The molecule has 23 heavy (non-hydrogen) atoms. The minimum absolute atomic E-state index is 0.449. The highest BCUT2D eigenvalue weighted by Crippen LogP contribution is 2.27. The molecule has 0 saturated carbocycles. The number of nitrogens with zero attached hydrogens (tertiary/aromatic N) is 1. The number of carbonyl (C=O) groups excluding carboxylic acids is 2. The minimum atomic E-state index is -0.669. The van der Waals surface area contributed by atoms with E-state index in [9.17, 15) is 9.59 Å². The van der Waals surface area contributed by atoms with E-state index >= 15 is 0 Å². The minimum Gasteiger partial charge on any atom is -0.397 e. The molecule has 118 valence electrons. The van der Waals surface area contributed by atoms with E-state index in [0.29, 0.717) is 17.9 Å². The second-order valence-corrected chi connectivity index (χ2v) is 5.73. The highest BCUT2D eigenvalue weighted by Gasteiger charge is 2.27. The van der Waals surface area contributed by atoms with Crippen molar-refractivity contribution >= 4 is 28.9 Å². The summed E-state index contributed by atoms with van der Waals surface area (Å²) in [5.74, 6) is -1.23. The third kappa shape index (κ3) is 3.04. The Balaban J connectivity index is 1.80. The number of nitrogens with two attached hydrogens (primary N) is 1. The summed E-state index contributed by atoms with van der Waals surface area (Å²) in [7, 11) is 0. The largest absolute Gasteiger partial charge is 0.397 e. The molecule has 0 bridgehead atoms. The van der Waals surface area contributed by atoms with Crippen molar-refractivity contribution in [3.63, 3.8) is 0 Å². The Bertz CT molecular complexity index is 771. The third-order valence-corrected chi connectivity index (χ3v) is 4.00. The number of nitrogens with one attached hydrogen (secondary N) is 1. The van der Waals surface area contributed by atoms with Gasteiger partial charge >= 0.3 is 11.8 Å². The predicted octanol–water partition coefficient (Wildman–Crippen LogP) is 2.50. The first-order valence-electron chi connectivity index (χ1n) is 7.63. The van der Waals surface area contributed by atoms with Crippen LogP contribution in [0, 0.1) is 6.92 Å². The Morgan fingerprint density at radius 1 is 1.17 bits per heavy atom. The number of anilines is 3. The molecule has 3 N–H and O–H groups in total. The van der Waals surface area contributed by atoms with Gasteiger partial charge in [-0.1, -0.05) is 24.3 Å². The van der Waals surface area contributed by atoms with Crippen LogP contribution < -0.4 is 16.0 Å². The molecule has 0 aromatic heterocycles.